The summed E-state index contributed by atoms with van der Waals surface area (Å²) >= 11 is 6.58. The summed E-state index contributed by atoms with van der Waals surface area (Å²) in [4.78, 5) is 9.65. The van der Waals surface area contributed by atoms with Crippen LogP contribution in [0.3, 0.4) is 0 Å². The summed E-state index contributed by atoms with van der Waals surface area (Å²) in [5.74, 6) is 2.18. The third kappa shape index (κ3) is 5.91. The number of benzene rings is 1. The maximum atomic E-state index is 9.98. The summed E-state index contributed by atoms with van der Waals surface area (Å²) < 4.78 is 22.5. The van der Waals surface area contributed by atoms with Gasteiger partial charge < -0.3 is 34.5 Å². The maximum absolute atomic E-state index is 9.98. The SMILES string of the molecule is CNCC(O)COc1ccc(Cl)c(-c2nc(NC3COCCO3)c(C)c(-c3c(C)noc3C)n2)c1. The molecule has 10 nitrogen and oxygen atoms in total. The number of ether oxygens (including phenoxy) is 3. The molecule has 3 N–H and O–H groups in total. The van der Waals surface area contributed by atoms with Crippen LogP contribution < -0.4 is 15.4 Å². The lowest BCUT2D eigenvalue weighted by molar-refractivity contribution is -0.0758. The van der Waals surface area contributed by atoms with Gasteiger partial charge in [0, 0.05) is 17.7 Å². The third-order valence-electron chi connectivity index (χ3n) is 5.59. The Kier molecular flexibility index (Phi) is 8.19. The van der Waals surface area contributed by atoms with Gasteiger partial charge in [0.25, 0.3) is 0 Å². The fourth-order valence-corrected chi connectivity index (χ4v) is 4.02. The van der Waals surface area contributed by atoms with Gasteiger partial charge in [-0.25, -0.2) is 9.97 Å². The topological polar surface area (TPSA) is 124 Å². The van der Waals surface area contributed by atoms with E-state index in [0.29, 0.717) is 65.8 Å². The molecule has 1 aromatic carbocycles. The van der Waals surface area contributed by atoms with Crippen LogP contribution in [-0.2, 0) is 9.47 Å². The Balaban J connectivity index is 1.76. The van der Waals surface area contributed by atoms with Crippen molar-refractivity contribution in [3.63, 3.8) is 0 Å². The lowest BCUT2D eigenvalue weighted by Crippen LogP contribution is -2.35. The summed E-state index contributed by atoms with van der Waals surface area (Å²) in [6.45, 7) is 7.66. The van der Waals surface area contributed by atoms with E-state index < -0.39 is 6.10 Å². The third-order valence-corrected chi connectivity index (χ3v) is 5.92. The Morgan fingerprint density at radius 1 is 1.23 bits per heavy atom. The van der Waals surface area contributed by atoms with E-state index in [2.05, 4.69) is 15.8 Å². The zero-order valence-electron chi connectivity index (χ0n) is 20.2. The van der Waals surface area contributed by atoms with Crippen LogP contribution in [0.15, 0.2) is 22.7 Å². The van der Waals surface area contributed by atoms with Crippen molar-refractivity contribution in [1.29, 1.82) is 0 Å². The van der Waals surface area contributed by atoms with Crippen LogP contribution in [0.2, 0.25) is 5.02 Å². The Morgan fingerprint density at radius 2 is 2.06 bits per heavy atom. The van der Waals surface area contributed by atoms with E-state index >= 15 is 0 Å². The Bertz CT molecular complexity index is 1150. The number of rotatable bonds is 9. The van der Waals surface area contributed by atoms with Crippen molar-refractivity contribution in [2.24, 2.45) is 0 Å². The van der Waals surface area contributed by atoms with Gasteiger partial charge in [-0.1, -0.05) is 16.8 Å². The average Bonchev–Trinajstić information content (AvgIpc) is 3.18. The van der Waals surface area contributed by atoms with Crippen LogP contribution in [0, 0.1) is 20.8 Å². The maximum Gasteiger partial charge on any atom is 0.163 e. The first kappa shape index (κ1) is 25.3. The van der Waals surface area contributed by atoms with Gasteiger partial charge in [-0.3, -0.25) is 0 Å². The van der Waals surface area contributed by atoms with E-state index in [4.69, 9.17) is 40.3 Å². The molecule has 1 aliphatic heterocycles. The first-order chi connectivity index (χ1) is 16.9. The standard InChI is InChI=1S/C24H30ClN5O5/c1-13-22(21-14(2)30-35-15(21)3)28-24(29-23(13)27-20-12-32-7-8-33-20)18-9-17(5-6-19(18)25)34-11-16(31)10-26-4/h5-6,9,16,20,26,31H,7-8,10-12H2,1-4H3,(H,27,28,29). The quantitative estimate of drug-likeness (QED) is 0.401. The van der Waals surface area contributed by atoms with Crippen LogP contribution in [0.5, 0.6) is 5.75 Å². The van der Waals surface area contributed by atoms with Gasteiger partial charge in [0.15, 0.2) is 12.1 Å². The number of aryl methyl sites for hydroxylation is 2. The lowest BCUT2D eigenvalue weighted by Gasteiger charge is -2.25. The second-order valence-electron chi connectivity index (χ2n) is 8.31. The molecule has 2 aromatic heterocycles. The summed E-state index contributed by atoms with van der Waals surface area (Å²) in [5, 5.41) is 20.8. The molecular formula is C24H30ClN5O5. The summed E-state index contributed by atoms with van der Waals surface area (Å²) in [7, 11) is 1.77. The number of nitrogens with one attached hydrogen (secondary N) is 2. The van der Waals surface area contributed by atoms with Crippen LogP contribution >= 0.6 is 11.6 Å². The highest BCUT2D eigenvalue weighted by Crippen LogP contribution is 2.36. The number of halogens is 1. The molecule has 4 rings (SSSR count). The summed E-state index contributed by atoms with van der Waals surface area (Å²) in [6, 6.07) is 5.23. The van der Waals surface area contributed by atoms with Gasteiger partial charge in [0.05, 0.1) is 41.8 Å². The minimum absolute atomic E-state index is 0.132. The average molecular weight is 504 g/mol. The number of aromatic nitrogens is 3. The Morgan fingerprint density at radius 3 is 2.74 bits per heavy atom. The number of nitrogens with zero attached hydrogens (tertiary/aromatic N) is 3. The molecule has 2 atom stereocenters. The van der Waals surface area contributed by atoms with E-state index in [1.54, 1.807) is 25.2 Å². The lowest BCUT2D eigenvalue weighted by atomic mass is 10.0. The van der Waals surface area contributed by atoms with Crippen LogP contribution in [-0.4, -0.2) is 72.6 Å². The molecule has 1 saturated heterocycles. The van der Waals surface area contributed by atoms with Gasteiger partial charge in [-0.15, -0.1) is 0 Å². The van der Waals surface area contributed by atoms with Crippen LogP contribution in [0.1, 0.15) is 17.0 Å². The van der Waals surface area contributed by atoms with E-state index in [-0.39, 0.29) is 12.8 Å². The number of aliphatic hydroxyl groups is 1. The van der Waals surface area contributed by atoms with E-state index in [1.165, 1.54) is 0 Å². The Hall–Kier alpha value is -2.76. The fourth-order valence-electron chi connectivity index (χ4n) is 3.82. The number of aliphatic hydroxyl groups excluding tert-OH is 1. The highest BCUT2D eigenvalue weighted by atomic mass is 35.5. The van der Waals surface area contributed by atoms with Crippen molar-refractivity contribution in [1.82, 2.24) is 20.4 Å². The molecule has 11 heteroatoms. The van der Waals surface area contributed by atoms with Gasteiger partial charge >= 0.3 is 0 Å². The molecular weight excluding hydrogens is 474 g/mol. The molecule has 0 saturated carbocycles. The number of hydrogen-bond donors (Lipinski definition) is 3. The number of anilines is 1. The Labute approximate surface area is 208 Å². The number of hydrogen-bond acceptors (Lipinski definition) is 10. The molecule has 0 amide bonds. The van der Waals surface area contributed by atoms with E-state index in [0.717, 1.165) is 16.8 Å². The van der Waals surface area contributed by atoms with Crippen LogP contribution in [0.4, 0.5) is 5.82 Å². The minimum Gasteiger partial charge on any atom is -0.491 e. The molecule has 3 heterocycles. The van der Waals surface area contributed by atoms with Gasteiger partial charge in [-0.05, 0) is 46.0 Å². The molecule has 0 bridgehead atoms. The molecule has 0 spiro atoms. The van der Waals surface area contributed by atoms with Gasteiger partial charge in [0.1, 0.15) is 30.0 Å². The minimum atomic E-state index is -0.644. The normalized spacial score (nSPS) is 16.8. The molecule has 1 aliphatic rings. The highest BCUT2D eigenvalue weighted by molar-refractivity contribution is 6.33. The van der Waals surface area contributed by atoms with Gasteiger partial charge in [0.2, 0.25) is 0 Å². The fraction of sp³-hybridized carbons (Fsp3) is 0.458. The molecule has 1 fully saturated rings. The molecule has 2 unspecified atom stereocenters. The second-order valence-corrected chi connectivity index (χ2v) is 8.72. The largest absolute Gasteiger partial charge is 0.491 e. The van der Waals surface area contributed by atoms with Crippen molar-refractivity contribution >= 4 is 17.4 Å². The zero-order chi connectivity index (χ0) is 24.9. The number of likely N-dealkylation sites (N-methyl/N-ethyl adjacent to an activating group) is 1. The van der Waals surface area contributed by atoms with Crippen LogP contribution in [0.25, 0.3) is 22.6 Å². The predicted molar refractivity (Wildman–Crippen MR) is 132 cm³/mol. The van der Waals surface area contributed by atoms with Crippen molar-refractivity contribution in [3.8, 4) is 28.4 Å². The molecule has 0 radical (unpaired) electrons. The van der Waals surface area contributed by atoms with E-state index in [9.17, 15) is 5.11 Å². The summed E-state index contributed by atoms with van der Waals surface area (Å²) in [5.41, 5.74) is 3.60. The van der Waals surface area contributed by atoms with Crippen molar-refractivity contribution < 1.29 is 23.8 Å². The smallest absolute Gasteiger partial charge is 0.163 e. The molecule has 188 valence electrons. The van der Waals surface area contributed by atoms with Gasteiger partial charge in [-0.2, -0.15) is 0 Å². The first-order valence-electron chi connectivity index (χ1n) is 11.4. The molecule has 0 aliphatic carbocycles. The van der Waals surface area contributed by atoms with Crippen molar-refractivity contribution in [2.45, 2.75) is 33.1 Å². The molecule has 3 aromatic rings. The predicted octanol–water partition coefficient (Wildman–Crippen LogP) is 3.12. The highest BCUT2D eigenvalue weighted by Gasteiger charge is 2.23. The molecule has 35 heavy (non-hydrogen) atoms. The van der Waals surface area contributed by atoms with E-state index in [1.807, 2.05) is 20.8 Å². The summed E-state index contributed by atoms with van der Waals surface area (Å²) in [6.07, 6.45) is -0.990. The monoisotopic (exact) mass is 503 g/mol. The van der Waals surface area contributed by atoms with Crippen molar-refractivity contribution in [2.75, 3.05) is 45.3 Å². The zero-order valence-corrected chi connectivity index (χ0v) is 21.0. The second kappa shape index (κ2) is 11.3. The first-order valence-corrected chi connectivity index (χ1v) is 11.8. The van der Waals surface area contributed by atoms with Crippen molar-refractivity contribution in [3.05, 3.63) is 40.2 Å².